The van der Waals surface area contributed by atoms with E-state index in [0.717, 1.165) is 31.2 Å². The molecule has 0 aromatic heterocycles. The van der Waals surface area contributed by atoms with E-state index in [4.69, 9.17) is 5.26 Å². The van der Waals surface area contributed by atoms with Gasteiger partial charge in [-0.2, -0.15) is 5.26 Å². The standard InChI is InChI=1S/C14H16N2O2/c15-10-9-11-5-1-2-6-12(11)13-7-3-4-8-14(13)16(17)18/h3-4,7-8,11-12H,1-2,5-6,9H2. The van der Waals surface area contributed by atoms with Crippen LogP contribution in [0.2, 0.25) is 0 Å². The monoisotopic (exact) mass is 244 g/mol. The van der Waals surface area contributed by atoms with Crippen LogP contribution >= 0.6 is 0 Å². The van der Waals surface area contributed by atoms with Gasteiger partial charge in [0.15, 0.2) is 0 Å². The third-order valence-electron chi connectivity index (χ3n) is 3.80. The summed E-state index contributed by atoms with van der Waals surface area (Å²) in [6.45, 7) is 0. The Morgan fingerprint density at radius 1 is 1.33 bits per heavy atom. The molecule has 1 aliphatic carbocycles. The molecule has 4 heteroatoms. The van der Waals surface area contributed by atoms with E-state index in [9.17, 15) is 10.1 Å². The number of nitriles is 1. The van der Waals surface area contributed by atoms with Crippen molar-refractivity contribution in [3.8, 4) is 6.07 Å². The van der Waals surface area contributed by atoms with E-state index in [-0.39, 0.29) is 22.4 Å². The van der Waals surface area contributed by atoms with E-state index in [1.807, 2.05) is 12.1 Å². The third-order valence-corrected chi connectivity index (χ3v) is 3.80. The minimum absolute atomic E-state index is 0.167. The van der Waals surface area contributed by atoms with Crippen LogP contribution in [-0.4, -0.2) is 4.92 Å². The topological polar surface area (TPSA) is 66.9 Å². The molecule has 1 saturated carbocycles. The fourth-order valence-corrected chi connectivity index (χ4v) is 2.95. The average Bonchev–Trinajstić information content (AvgIpc) is 2.40. The molecule has 1 aromatic rings. The Balaban J connectivity index is 2.34. The fourth-order valence-electron chi connectivity index (χ4n) is 2.95. The number of nitro groups is 1. The van der Waals surface area contributed by atoms with Crippen molar-refractivity contribution < 1.29 is 4.92 Å². The summed E-state index contributed by atoms with van der Waals surface area (Å²) in [6, 6.07) is 9.17. The predicted octanol–water partition coefficient (Wildman–Crippen LogP) is 3.78. The zero-order valence-electron chi connectivity index (χ0n) is 10.2. The van der Waals surface area contributed by atoms with Gasteiger partial charge >= 0.3 is 0 Å². The predicted molar refractivity (Wildman–Crippen MR) is 68.0 cm³/mol. The van der Waals surface area contributed by atoms with Gasteiger partial charge in [0.2, 0.25) is 0 Å². The molecule has 1 fully saturated rings. The second-order valence-corrected chi connectivity index (χ2v) is 4.83. The van der Waals surface area contributed by atoms with Crippen LogP contribution in [0, 0.1) is 27.4 Å². The quantitative estimate of drug-likeness (QED) is 0.600. The molecule has 2 unspecified atom stereocenters. The molecule has 18 heavy (non-hydrogen) atoms. The number of hydrogen-bond acceptors (Lipinski definition) is 3. The van der Waals surface area contributed by atoms with Crippen molar-refractivity contribution in [3.63, 3.8) is 0 Å². The molecule has 2 atom stereocenters. The van der Waals surface area contributed by atoms with Gasteiger partial charge in [0.05, 0.1) is 11.0 Å². The zero-order valence-corrected chi connectivity index (χ0v) is 10.2. The molecular formula is C14H16N2O2. The largest absolute Gasteiger partial charge is 0.272 e. The van der Waals surface area contributed by atoms with Crippen LogP contribution in [0.3, 0.4) is 0 Å². The first kappa shape index (κ1) is 12.6. The first-order chi connectivity index (χ1) is 8.74. The number of para-hydroxylation sites is 1. The molecule has 0 aliphatic heterocycles. The number of nitro benzene ring substituents is 1. The lowest BCUT2D eigenvalue weighted by molar-refractivity contribution is -0.385. The molecular weight excluding hydrogens is 228 g/mol. The molecule has 0 saturated heterocycles. The highest BCUT2D eigenvalue weighted by atomic mass is 16.6. The van der Waals surface area contributed by atoms with Gasteiger partial charge in [-0.15, -0.1) is 0 Å². The van der Waals surface area contributed by atoms with Crippen molar-refractivity contribution >= 4 is 5.69 Å². The second-order valence-electron chi connectivity index (χ2n) is 4.83. The van der Waals surface area contributed by atoms with Crippen molar-refractivity contribution in [2.45, 2.75) is 38.0 Å². The van der Waals surface area contributed by atoms with Gasteiger partial charge in [0, 0.05) is 18.1 Å². The lowest BCUT2D eigenvalue weighted by Crippen LogP contribution is -2.18. The van der Waals surface area contributed by atoms with Crippen LogP contribution in [-0.2, 0) is 0 Å². The van der Waals surface area contributed by atoms with E-state index in [1.54, 1.807) is 12.1 Å². The maximum Gasteiger partial charge on any atom is 0.272 e. The van der Waals surface area contributed by atoms with E-state index < -0.39 is 0 Å². The van der Waals surface area contributed by atoms with Gasteiger partial charge < -0.3 is 0 Å². The Hall–Kier alpha value is -1.89. The van der Waals surface area contributed by atoms with Crippen molar-refractivity contribution in [2.75, 3.05) is 0 Å². The van der Waals surface area contributed by atoms with Gasteiger partial charge in [0.25, 0.3) is 5.69 Å². The molecule has 0 N–H and O–H groups in total. The average molecular weight is 244 g/mol. The smallest absolute Gasteiger partial charge is 0.258 e. The normalized spacial score (nSPS) is 23.3. The molecule has 0 amide bonds. The van der Waals surface area contributed by atoms with Crippen molar-refractivity contribution in [1.82, 2.24) is 0 Å². The highest BCUT2D eigenvalue weighted by Gasteiger charge is 2.30. The van der Waals surface area contributed by atoms with Crippen molar-refractivity contribution in [2.24, 2.45) is 5.92 Å². The Labute approximate surface area is 106 Å². The van der Waals surface area contributed by atoms with Gasteiger partial charge in [-0.05, 0) is 24.7 Å². The molecule has 2 rings (SSSR count). The third kappa shape index (κ3) is 2.51. The first-order valence-electron chi connectivity index (χ1n) is 6.34. The molecule has 0 spiro atoms. The summed E-state index contributed by atoms with van der Waals surface area (Å²) in [5, 5.41) is 19.9. The second kappa shape index (κ2) is 5.63. The van der Waals surface area contributed by atoms with E-state index in [0.29, 0.717) is 6.42 Å². The highest BCUT2D eigenvalue weighted by molar-refractivity contribution is 5.42. The molecule has 0 bridgehead atoms. The Morgan fingerprint density at radius 3 is 2.78 bits per heavy atom. The van der Waals surface area contributed by atoms with Crippen molar-refractivity contribution in [1.29, 1.82) is 5.26 Å². The molecule has 4 nitrogen and oxygen atoms in total. The SMILES string of the molecule is N#CCC1CCCCC1c1ccccc1[N+](=O)[O-]. The van der Waals surface area contributed by atoms with Gasteiger partial charge in [-0.3, -0.25) is 10.1 Å². The van der Waals surface area contributed by atoms with Crippen LogP contribution in [0.5, 0.6) is 0 Å². The van der Waals surface area contributed by atoms with Crippen LogP contribution in [0.25, 0.3) is 0 Å². The van der Waals surface area contributed by atoms with E-state index >= 15 is 0 Å². The van der Waals surface area contributed by atoms with Crippen LogP contribution < -0.4 is 0 Å². The number of benzene rings is 1. The van der Waals surface area contributed by atoms with Gasteiger partial charge in [0.1, 0.15) is 0 Å². The Bertz CT molecular complexity index is 479. The van der Waals surface area contributed by atoms with Crippen LogP contribution in [0.1, 0.15) is 43.6 Å². The number of nitrogens with zero attached hydrogens (tertiary/aromatic N) is 2. The maximum absolute atomic E-state index is 11.1. The lowest BCUT2D eigenvalue weighted by Gasteiger charge is -2.30. The number of hydrogen-bond donors (Lipinski definition) is 0. The van der Waals surface area contributed by atoms with E-state index in [2.05, 4.69) is 6.07 Å². The summed E-state index contributed by atoms with van der Waals surface area (Å²) in [5.41, 5.74) is 1.01. The summed E-state index contributed by atoms with van der Waals surface area (Å²) in [7, 11) is 0. The fraction of sp³-hybridized carbons (Fsp3) is 0.500. The molecule has 1 aliphatic rings. The van der Waals surface area contributed by atoms with E-state index in [1.165, 1.54) is 0 Å². The number of rotatable bonds is 3. The van der Waals surface area contributed by atoms with Gasteiger partial charge in [-0.25, -0.2) is 0 Å². The minimum Gasteiger partial charge on any atom is -0.258 e. The molecule has 0 heterocycles. The molecule has 1 aromatic carbocycles. The summed E-state index contributed by atoms with van der Waals surface area (Å²) in [6.07, 6.45) is 4.68. The Kier molecular flexibility index (Phi) is 3.93. The van der Waals surface area contributed by atoms with Crippen molar-refractivity contribution in [3.05, 3.63) is 39.9 Å². The lowest BCUT2D eigenvalue weighted by atomic mass is 9.74. The highest BCUT2D eigenvalue weighted by Crippen LogP contribution is 2.42. The Morgan fingerprint density at radius 2 is 2.06 bits per heavy atom. The summed E-state index contributed by atoms with van der Waals surface area (Å²) in [4.78, 5) is 10.8. The summed E-state index contributed by atoms with van der Waals surface area (Å²) < 4.78 is 0. The first-order valence-corrected chi connectivity index (χ1v) is 6.34. The molecule has 0 radical (unpaired) electrons. The van der Waals surface area contributed by atoms with Gasteiger partial charge in [-0.1, -0.05) is 31.0 Å². The van der Waals surface area contributed by atoms with Crippen LogP contribution in [0.15, 0.2) is 24.3 Å². The summed E-state index contributed by atoms with van der Waals surface area (Å²) in [5.74, 6) is 0.435. The zero-order chi connectivity index (χ0) is 13.0. The van der Waals surface area contributed by atoms with Crippen LogP contribution in [0.4, 0.5) is 5.69 Å². The molecule has 94 valence electrons. The minimum atomic E-state index is -0.312. The maximum atomic E-state index is 11.1. The summed E-state index contributed by atoms with van der Waals surface area (Å²) >= 11 is 0.